The monoisotopic (exact) mass is 232 g/mol. The van der Waals surface area contributed by atoms with E-state index in [-0.39, 0.29) is 16.7 Å². The van der Waals surface area contributed by atoms with Crippen molar-refractivity contribution in [3.63, 3.8) is 0 Å². The molecule has 1 aromatic carbocycles. The molecular formula is C12H12F4. The van der Waals surface area contributed by atoms with Crippen LogP contribution in [0.15, 0.2) is 6.07 Å². The molecule has 0 aromatic heterocycles. The second-order valence-electron chi connectivity index (χ2n) is 4.39. The zero-order valence-electron chi connectivity index (χ0n) is 9.08. The van der Waals surface area contributed by atoms with Crippen LogP contribution in [0.4, 0.5) is 17.6 Å². The summed E-state index contributed by atoms with van der Waals surface area (Å²) in [6.45, 7) is 2.78. The minimum Gasteiger partial charge on any atom is -0.204 e. The van der Waals surface area contributed by atoms with Gasteiger partial charge in [-0.05, 0) is 37.0 Å². The first-order chi connectivity index (χ1) is 7.35. The highest BCUT2D eigenvalue weighted by molar-refractivity contribution is 5.41. The first kappa shape index (κ1) is 11.4. The van der Waals surface area contributed by atoms with Crippen LogP contribution in [0.25, 0.3) is 0 Å². The smallest absolute Gasteiger partial charge is 0.204 e. The molecule has 0 nitrogen and oxygen atoms in total. The van der Waals surface area contributed by atoms with Gasteiger partial charge in [-0.1, -0.05) is 6.92 Å². The molecule has 1 atom stereocenters. The second-order valence-corrected chi connectivity index (χ2v) is 4.39. The maximum absolute atomic E-state index is 13.8. The molecule has 0 amide bonds. The van der Waals surface area contributed by atoms with Gasteiger partial charge < -0.3 is 0 Å². The van der Waals surface area contributed by atoms with Crippen molar-refractivity contribution in [3.8, 4) is 0 Å². The molecule has 0 N–H and O–H groups in total. The summed E-state index contributed by atoms with van der Waals surface area (Å²) in [5, 5.41) is 0. The highest BCUT2D eigenvalue weighted by Crippen LogP contribution is 2.45. The van der Waals surface area contributed by atoms with Crippen LogP contribution in [0.5, 0.6) is 0 Å². The van der Waals surface area contributed by atoms with Gasteiger partial charge in [0.05, 0.1) is 0 Å². The highest BCUT2D eigenvalue weighted by Gasteiger charge is 2.44. The first-order valence-electron chi connectivity index (χ1n) is 5.21. The van der Waals surface area contributed by atoms with Gasteiger partial charge in [-0.2, -0.15) is 0 Å². The van der Waals surface area contributed by atoms with Gasteiger partial charge in [-0.3, -0.25) is 0 Å². The number of rotatable bonds is 0. The van der Waals surface area contributed by atoms with Crippen LogP contribution in [0, 0.1) is 24.5 Å². The van der Waals surface area contributed by atoms with E-state index in [0.717, 1.165) is 0 Å². The van der Waals surface area contributed by atoms with E-state index in [1.165, 1.54) is 13.8 Å². The summed E-state index contributed by atoms with van der Waals surface area (Å²) in [6.07, 6.45) is 0.682. The number of hydrogen-bond donors (Lipinski definition) is 0. The van der Waals surface area contributed by atoms with Gasteiger partial charge in [-0.25, -0.2) is 17.6 Å². The Balaban J connectivity index is 2.69. The summed E-state index contributed by atoms with van der Waals surface area (Å²) in [5.74, 6) is -6.09. The molecule has 0 saturated carbocycles. The van der Waals surface area contributed by atoms with Crippen LogP contribution in [0.1, 0.15) is 30.0 Å². The molecule has 0 bridgehead atoms. The fraction of sp³-hybridized carbons (Fsp3) is 0.500. The number of hydrogen-bond acceptors (Lipinski definition) is 0. The van der Waals surface area contributed by atoms with Crippen LogP contribution >= 0.6 is 0 Å². The Labute approximate surface area is 91.3 Å². The minimum absolute atomic E-state index is 0.0153. The molecule has 0 spiro atoms. The lowest BCUT2D eigenvalue weighted by Gasteiger charge is -2.32. The molecule has 0 fully saturated rings. The second kappa shape index (κ2) is 3.47. The number of benzene rings is 1. The fourth-order valence-electron chi connectivity index (χ4n) is 2.22. The standard InChI is InChI=1S/C12H12F4/c1-6-3-4-8-7(2)11(14)10(13)5-9(8)12(6,15)16/h5-6H,3-4H2,1-2H3. The van der Waals surface area contributed by atoms with E-state index in [4.69, 9.17) is 0 Å². The molecule has 0 radical (unpaired) electrons. The molecule has 0 heterocycles. The fourth-order valence-corrected chi connectivity index (χ4v) is 2.22. The third-order valence-corrected chi connectivity index (χ3v) is 3.39. The molecule has 2 rings (SSSR count). The normalized spacial score (nSPS) is 23.0. The van der Waals surface area contributed by atoms with E-state index in [1.807, 2.05) is 0 Å². The van der Waals surface area contributed by atoms with Gasteiger partial charge in [-0.15, -0.1) is 0 Å². The Kier molecular flexibility index (Phi) is 2.48. The van der Waals surface area contributed by atoms with Crippen molar-refractivity contribution in [1.29, 1.82) is 0 Å². The van der Waals surface area contributed by atoms with E-state index in [1.54, 1.807) is 0 Å². The van der Waals surface area contributed by atoms with Crippen LogP contribution in [0.3, 0.4) is 0 Å². The molecule has 1 unspecified atom stereocenters. The predicted octanol–water partition coefficient (Wildman–Crippen LogP) is 3.95. The van der Waals surface area contributed by atoms with Crippen LogP contribution in [-0.4, -0.2) is 0 Å². The lowest BCUT2D eigenvalue weighted by molar-refractivity contribution is -0.0685. The van der Waals surface area contributed by atoms with Crippen molar-refractivity contribution in [3.05, 3.63) is 34.4 Å². The SMILES string of the molecule is Cc1c(F)c(F)cc2c1CCC(C)C2(F)F. The molecule has 0 saturated heterocycles. The lowest BCUT2D eigenvalue weighted by Crippen LogP contribution is -2.30. The lowest BCUT2D eigenvalue weighted by atomic mass is 9.79. The van der Waals surface area contributed by atoms with Crippen LogP contribution in [-0.2, 0) is 12.3 Å². The minimum atomic E-state index is -3.06. The number of alkyl halides is 2. The Morgan fingerprint density at radius 1 is 1.31 bits per heavy atom. The molecule has 0 aliphatic heterocycles. The third kappa shape index (κ3) is 1.43. The molecule has 1 aliphatic rings. The van der Waals surface area contributed by atoms with Gasteiger partial charge in [0, 0.05) is 11.5 Å². The van der Waals surface area contributed by atoms with E-state index in [0.29, 0.717) is 18.9 Å². The number of halogens is 4. The van der Waals surface area contributed by atoms with E-state index in [9.17, 15) is 17.6 Å². The van der Waals surface area contributed by atoms with Gasteiger partial charge in [0.2, 0.25) is 0 Å². The zero-order valence-corrected chi connectivity index (χ0v) is 9.08. The Morgan fingerprint density at radius 3 is 2.56 bits per heavy atom. The quantitative estimate of drug-likeness (QED) is 0.594. The zero-order chi connectivity index (χ0) is 12.1. The summed E-state index contributed by atoms with van der Waals surface area (Å²) in [5.41, 5.74) is -0.0637. The predicted molar refractivity (Wildman–Crippen MR) is 52.5 cm³/mol. The molecule has 16 heavy (non-hydrogen) atoms. The van der Waals surface area contributed by atoms with Gasteiger partial charge in [0.1, 0.15) is 0 Å². The molecule has 88 valence electrons. The summed E-state index contributed by atoms with van der Waals surface area (Å²) in [6, 6.07) is 0.646. The Morgan fingerprint density at radius 2 is 1.94 bits per heavy atom. The summed E-state index contributed by atoms with van der Waals surface area (Å²) in [7, 11) is 0. The van der Waals surface area contributed by atoms with Gasteiger partial charge in [0.15, 0.2) is 11.6 Å². The maximum Gasteiger partial charge on any atom is 0.276 e. The summed E-state index contributed by atoms with van der Waals surface area (Å²) in [4.78, 5) is 0. The largest absolute Gasteiger partial charge is 0.276 e. The van der Waals surface area contributed by atoms with Gasteiger partial charge >= 0.3 is 0 Å². The molecule has 4 heteroatoms. The third-order valence-electron chi connectivity index (χ3n) is 3.39. The average molecular weight is 232 g/mol. The Bertz CT molecular complexity index is 437. The Hall–Kier alpha value is -1.06. The van der Waals surface area contributed by atoms with Crippen molar-refractivity contribution < 1.29 is 17.6 Å². The van der Waals surface area contributed by atoms with Crippen molar-refractivity contribution >= 4 is 0 Å². The summed E-state index contributed by atoms with van der Waals surface area (Å²) >= 11 is 0. The highest BCUT2D eigenvalue weighted by atomic mass is 19.3. The molecule has 1 aromatic rings. The van der Waals surface area contributed by atoms with E-state index in [2.05, 4.69) is 0 Å². The topological polar surface area (TPSA) is 0 Å². The van der Waals surface area contributed by atoms with Crippen LogP contribution < -0.4 is 0 Å². The van der Waals surface area contributed by atoms with Gasteiger partial charge in [0.25, 0.3) is 5.92 Å². The van der Waals surface area contributed by atoms with Crippen molar-refractivity contribution in [2.45, 2.75) is 32.6 Å². The van der Waals surface area contributed by atoms with Crippen molar-refractivity contribution in [2.24, 2.45) is 5.92 Å². The first-order valence-corrected chi connectivity index (χ1v) is 5.21. The average Bonchev–Trinajstić information content (AvgIpc) is 2.22. The van der Waals surface area contributed by atoms with Crippen molar-refractivity contribution in [1.82, 2.24) is 0 Å². The van der Waals surface area contributed by atoms with E-state index < -0.39 is 23.5 Å². The molecule has 1 aliphatic carbocycles. The van der Waals surface area contributed by atoms with Crippen LogP contribution in [0.2, 0.25) is 0 Å². The summed E-state index contributed by atoms with van der Waals surface area (Å²) < 4.78 is 54.0. The maximum atomic E-state index is 13.8. The molecular weight excluding hydrogens is 220 g/mol. The van der Waals surface area contributed by atoms with Crippen molar-refractivity contribution in [2.75, 3.05) is 0 Å². The number of fused-ring (bicyclic) bond motifs is 1. The van der Waals surface area contributed by atoms with E-state index >= 15 is 0 Å².